The van der Waals surface area contributed by atoms with Crippen LogP contribution in [-0.2, 0) is 10.0 Å². The van der Waals surface area contributed by atoms with Gasteiger partial charge >= 0.3 is 0 Å². The van der Waals surface area contributed by atoms with Gasteiger partial charge in [-0.25, -0.2) is 8.42 Å². The van der Waals surface area contributed by atoms with Crippen molar-refractivity contribution in [2.45, 2.75) is 31.6 Å². The van der Waals surface area contributed by atoms with Crippen LogP contribution in [0.4, 0.5) is 5.69 Å². The standard InChI is InChI=1S/C16H18BrNO2S/c1-11(2)13-7-8-16(15(17)10-13)18-21(19,20)14-6-4-5-12(3)9-14/h4-11,18H,1-3H3. The quantitative estimate of drug-likeness (QED) is 0.852. The monoisotopic (exact) mass is 367 g/mol. The molecule has 0 aliphatic heterocycles. The highest BCUT2D eigenvalue weighted by Gasteiger charge is 2.16. The molecule has 0 saturated carbocycles. The fourth-order valence-electron chi connectivity index (χ4n) is 1.96. The molecule has 2 aromatic carbocycles. The van der Waals surface area contributed by atoms with Crippen LogP contribution < -0.4 is 4.72 Å². The Labute approximate surface area is 134 Å². The molecule has 0 aliphatic rings. The van der Waals surface area contributed by atoms with Crippen molar-refractivity contribution >= 4 is 31.6 Å². The first-order valence-electron chi connectivity index (χ1n) is 6.68. The van der Waals surface area contributed by atoms with E-state index in [1.54, 1.807) is 24.3 Å². The van der Waals surface area contributed by atoms with Crippen LogP contribution in [-0.4, -0.2) is 8.42 Å². The Bertz CT molecular complexity index is 755. The average molecular weight is 368 g/mol. The van der Waals surface area contributed by atoms with E-state index in [4.69, 9.17) is 0 Å². The van der Waals surface area contributed by atoms with Gasteiger partial charge in [0.15, 0.2) is 0 Å². The molecular formula is C16H18BrNO2S. The largest absolute Gasteiger partial charge is 0.278 e. The molecule has 0 fully saturated rings. The van der Waals surface area contributed by atoms with Gasteiger partial charge in [0.25, 0.3) is 10.0 Å². The lowest BCUT2D eigenvalue weighted by Gasteiger charge is -2.12. The van der Waals surface area contributed by atoms with E-state index in [0.717, 1.165) is 15.6 Å². The van der Waals surface area contributed by atoms with Gasteiger partial charge in [0.1, 0.15) is 0 Å². The Morgan fingerprint density at radius 1 is 1.10 bits per heavy atom. The summed E-state index contributed by atoms with van der Waals surface area (Å²) in [5.41, 5.74) is 2.60. The van der Waals surface area contributed by atoms with Crippen LogP contribution in [0.15, 0.2) is 51.8 Å². The van der Waals surface area contributed by atoms with Crippen LogP contribution in [0.1, 0.15) is 30.9 Å². The zero-order valence-electron chi connectivity index (χ0n) is 12.2. The number of aryl methyl sites for hydroxylation is 1. The molecule has 2 aromatic rings. The minimum Gasteiger partial charge on any atom is -0.278 e. The maximum absolute atomic E-state index is 12.4. The fraction of sp³-hybridized carbons (Fsp3) is 0.250. The van der Waals surface area contributed by atoms with Crippen molar-refractivity contribution in [3.05, 3.63) is 58.1 Å². The molecule has 0 radical (unpaired) electrons. The zero-order chi connectivity index (χ0) is 15.6. The maximum atomic E-state index is 12.4. The average Bonchev–Trinajstić information content (AvgIpc) is 2.40. The first-order chi connectivity index (χ1) is 9.79. The van der Waals surface area contributed by atoms with Gasteiger partial charge in [-0.2, -0.15) is 0 Å². The number of anilines is 1. The van der Waals surface area contributed by atoms with E-state index < -0.39 is 10.0 Å². The van der Waals surface area contributed by atoms with Crippen molar-refractivity contribution in [2.24, 2.45) is 0 Å². The lowest BCUT2D eigenvalue weighted by molar-refractivity contribution is 0.601. The molecule has 0 saturated heterocycles. The zero-order valence-corrected chi connectivity index (χ0v) is 14.6. The van der Waals surface area contributed by atoms with Crippen LogP contribution >= 0.6 is 15.9 Å². The molecule has 0 aromatic heterocycles. The first kappa shape index (κ1) is 16.0. The van der Waals surface area contributed by atoms with E-state index >= 15 is 0 Å². The van der Waals surface area contributed by atoms with Crippen LogP contribution in [0.2, 0.25) is 0 Å². The molecular weight excluding hydrogens is 350 g/mol. The van der Waals surface area contributed by atoms with E-state index in [2.05, 4.69) is 34.5 Å². The number of nitrogens with one attached hydrogen (secondary N) is 1. The van der Waals surface area contributed by atoms with Crippen molar-refractivity contribution in [3.8, 4) is 0 Å². The van der Waals surface area contributed by atoms with Crippen molar-refractivity contribution < 1.29 is 8.42 Å². The number of halogens is 1. The Morgan fingerprint density at radius 3 is 2.38 bits per heavy atom. The highest BCUT2D eigenvalue weighted by Crippen LogP contribution is 2.29. The van der Waals surface area contributed by atoms with Crippen molar-refractivity contribution in [1.29, 1.82) is 0 Å². The number of hydrogen-bond acceptors (Lipinski definition) is 2. The third-order valence-corrected chi connectivity index (χ3v) is 5.22. The van der Waals surface area contributed by atoms with Gasteiger partial charge in [0.2, 0.25) is 0 Å². The minimum absolute atomic E-state index is 0.266. The van der Waals surface area contributed by atoms with E-state index in [-0.39, 0.29) is 4.90 Å². The van der Waals surface area contributed by atoms with Crippen LogP contribution in [0.3, 0.4) is 0 Å². The highest BCUT2D eigenvalue weighted by atomic mass is 79.9. The lowest BCUT2D eigenvalue weighted by atomic mass is 10.0. The molecule has 0 bridgehead atoms. The lowest BCUT2D eigenvalue weighted by Crippen LogP contribution is -2.13. The van der Waals surface area contributed by atoms with Gasteiger partial charge in [-0.3, -0.25) is 4.72 Å². The predicted molar refractivity (Wildman–Crippen MR) is 90.2 cm³/mol. The Kier molecular flexibility index (Phi) is 4.74. The summed E-state index contributed by atoms with van der Waals surface area (Å²) in [5, 5.41) is 0. The summed E-state index contributed by atoms with van der Waals surface area (Å²) in [7, 11) is -3.57. The number of rotatable bonds is 4. The molecule has 21 heavy (non-hydrogen) atoms. The van der Waals surface area contributed by atoms with Gasteiger partial charge in [-0.05, 0) is 64.2 Å². The second-order valence-corrected chi connectivity index (χ2v) is 7.85. The molecule has 5 heteroatoms. The summed E-state index contributed by atoms with van der Waals surface area (Å²) in [6.07, 6.45) is 0. The second-order valence-electron chi connectivity index (χ2n) is 5.32. The SMILES string of the molecule is Cc1cccc(S(=O)(=O)Nc2ccc(C(C)C)cc2Br)c1. The summed E-state index contributed by atoms with van der Waals surface area (Å²) in [6.45, 7) is 6.06. The second kappa shape index (κ2) is 6.20. The number of sulfonamides is 1. The van der Waals surface area contributed by atoms with Crippen LogP contribution in [0, 0.1) is 6.92 Å². The Balaban J connectivity index is 2.33. The van der Waals surface area contributed by atoms with E-state index in [1.165, 1.54) is 0 Å². The molecule has 3 nitrogen and oxygen atoms in total. The van der Waals surface area contributed by atoms with Crippen LogP contribution in [0.25, 0.3) is 0 Å². The number of benzene rings is 2. The third kappa shape index (κ3) is 3.86. The molecule has 0 spiro atoms. The molecule has 2 rings (SSSR count). The van der Waals surface area contributed by atoms with E-state index in [9.17, 15) is 8.42 Å². The molecule has 1 N–H and O–H groups in total. The molecule has 0 atom stereocenters. The normalized spacial score (nSPS) is 11.7. The summed E-state index contributed by atoms with van der Waals surface area (Å²) in [5.74, 6) is 0.392. The van der Waals surface area contributed by atoms with Crippen molar-refractivity contribution in [1.82, 2.24) is 0 Å². The van der Waals surface area contributed by atoms with Crippen molar-refractivity contribution in [2.75, 3.05) is 4.72 Å². The van der Waals surface area contributed by atoms with Crippen LogP contribution in [0.5, 0.6) is 0 Å². The summed E-state index contributed by atoms with van der Waals surface area (Å²) in [4.78, 5) is 0.266. The minimum atomic E-state index is -3.57. The Morgan fingerprint density at radius 2 is 1.81 bits per heavy atom. The van der Waals surface area contributed by atoms with Gasteiger partial charge in [0, 0.05) is 4.47 Å². The summed E-state index contributed by atoms with van der Waals surface area (Å²) < 4.78 is 28.1. The summed E-state index contributed by atoms with van der Waals surface area (Å²) in [6, 6.07) is 12.5. The predicted octanol–water partition coefficient (Wildman–Crippen LogP) is 4.68. The third-order valence-electron chi connectivity index (χ3n) is 3.20. The number of hydrogen-bond donors (Lipinski definition) is 1. The van der Waals surface area contributed by atoms with Gasteiger partial charge < -0.3 is 0 Å². The van der Waals surface area contributed by atoms with Gasteiger partial charge in [-0.15, -0.1) is 0 Å². The van der Waals surface area contributed by atoms with E-state index in [1.807, 2.05) is 25.1 Å². The van der Waals surface area contributed by atoms with E-state index in [0.29, 0.717) is 11.6 Å². The maximum Gasteiger partial charge on any atom is 0.261 e. The highest BCUT2D eigenvalue weighted by molar-refractivity contribution is 9.10. The summed E-state index contributed by atoms with van der Waals surface area (Å²) >= 11 is 3.43. The van der Waals surface area contributed by atoms with Crippen molar-refractivity contribution in [3.63, 3.8) is 0 Å². The smallest absolute Gasteiger partial charge is 0.261 e. The van der Waals surface area contributed by atoms with Gasteiger partial charge in [-0.1, -0.05) is 32.0 Å². The molecule has 112 valence electrons. The Hall–Kier alpha value is -1.33. The topological polar surface area (TPSA) is 46.2 Å². The van der Waals surface area contributed by atoms with Gasteiger partial charge in [0.05, 0.1) is 10.6 Å². The first-order valence-corrected chi connectivity index (χ1v) is 8.96. The molecule has 0 aliphatic carbocycles. The fourth-order valence-corrected chi connectivity index (χ4v) is 3.77. The molecule has 0 unspecified atom stereocenters. The molecule has 0 amide bonds. The molecule has 0 heterocycles.